The monoisotopic (exact) mass is 287 g/mol. The summed E-state index contributed by atoms with van der Waals surface area (Å²) in [6.45, 7) is 2.03. The fourth-order valence-corrected chi connectivity index (χ4v) is 1.97. The lowest BCUT2D eigenvalue weighted by molar-refractivity contribution is -0.666. The Morgan fingerprint density at radius 3 is 2.30 bits per heavy atom. The lowest BCUT2D eigenvalue weighted by Crippen LogP contribution is -2.37. The van der Waals surface area contributed by atoms with Crippen LogP contribution in [0.5, 0.6) is 0 Å². The molecule has 2 aromatic carbocycles. The Morgan fingerprint density at radius 1 is 1.00 bits per heavy atom. The molecule has 102 valence electrons. The molecule has 0 radical (unpaired) electrons. The van der Waals surface area contributed by atoms with Gasteiger partial charge in [-0.15, -0.1) is 12.4 Å². The third kappa shape index (κ3) is 2.51. The van der Waals surface area contributed by atoms with E-state index < -0.39 is 0 Å². The molecule has 0 aliphatic carbocycles. The van der Waals surface area contributed by atoms with E-state index in [1.807, 2.05) is 61.5 Å². The summed E-state index contributed by atoms with van der Waals surface area (Å²) in [4.78, 5) is 0. The molecule has 0 atom stereocenters. The molecule has 0 spiro atoms. The van der Waals surface area contributed by atoms with Crippen LogP contribution in [-0.4, -0.2) is 0 Å². The Bertz CT molecular complexity index is 745. The van der Waals surface area contributed by atoms with E-state index in [1.165, 1.54) is 5.56 Å². The lowest BCUT2D eigenvalue weighted by Gasteiger charge is -2.01. The van der Waals surface area contributed by atoms with Crippen molar-refractivity contribution in [1.82, 2.24) is 5.27 Å². The maximum Gasteiger partial charge on any atom is 0.274 e. The SMILES string of the molecule is Cc1ccc(-[n+]2[n-]oc(=N)c2-c2ccccc2)cc1.Cl. The second-order valence-electron chi connectivity index (χ2n) is 4.36. The molecule has 0 aliphatic heterocycles. The summed E-state index contributed by atoms with van der Waals surface area (Å²) in [5, 5.41) is 11.8. The highest BCUT2D eigenvalue weighted by Crippen LogP contribution is 2.12. The fraction of sp³-hybridized carbons (Fsp3) is 0.0667. The second-order valence-corrected chi connectivity index (χ2v) is 4.36. The van der Waals surface area contributed by atoms with Crippen LogP contribution in [0.1, 0.15) is 5.56 Å². The van der Waals surface area contributed by atoms with Gasteiger partial charge in [-0.25, -0.2) is 5.27 Å². The summed E-state index contributed by atoms with van der Waals surface area (Å²) in [5.74, 6) is 0. The molecule has 1 heterocycles. The fourth-order valence-electron chi connectivity index (χ4n) is 1.97. The van der Waals surface area contributed by atoms with Crippen LogP contribution in [-0.2, 0) is 0 Å². The molecule has 5 heteroatoms. The van der Waals surface area contributed by atoms with Gasteiger partial charge in [0, 0.05) is 12.1 Å². The van der Waals surface area contributed by atoms with Gasteiger partial charge in [0.1, 0.15) is 0 Å². The van der Waals surface area contributed by atoms with E-state index >= 15 is 0 Å². The highest BCUT2D eigenvalue weighted by atomic mass is 35.5. The van der Waals surface area contributed by atoms with E-state index in [9.17, 15) is 0 Å². The van der Waals surface area contributed by atoms with Gasteiger partial charge in [-0.2, -0.15) is 4.68 Å². The summed E-state index contributed by atoms with van der Waals surface area (Å²) < 4.78 is 6.66. The molecule has 1 N–H and O–H groups in total. The first-order valence-electron chi connectivity index (χ1n) is 6.02. The van der Waals surface area contributed by atoms with E-state index in [1.54, 1.807) is 4.68 Å². The number of aromatic nitrogens is 2. The van der Waals surface area contributed by atoms with Gasteiger partial charge < -0.3 is 4.52 Å². The molecule has 0 bridgehead atoms. The quantitative estimate of drug-likeness (QED) is 0.736. The molecule has 0 unspecified atom stereocenters. The number of halogens is 1. The number of aryl methyl sites for hydroxylation is 1. The Hall–Kier alpha value is -2.33. The molecular formula is C15H14ClN3O. The number of nitrogens with zero attached hydrogens (tertiary/aromatic N) is 2. The van der Waals surface area contributed by atoms with Gasteiger partial charge in [-0.3, -0.25) is 5.41 Å². The molecule has 0 aliphatic rings. The highest BCUT2D eigenvalue weighted by Gasteiger charge is 2.16. The first-order valence-corrected chi connectivity index (χ1v) is 6.02. The Kier molecular flexibility index (Phi) is 4.05. The van der Waals surface area contributed by atoms with Crippen LogP contribution < -0.4 is 15.5 Å². The van der Waals surface area contributed by atoms with E-state index in [2.05, 4.69) is 5.27 Å². The normalized spacial score (nSPS) is 10.1. The van der Waals surface area contributed by atoms with E-state index in [4.69, 9.17) is 9.93 Å². The van der Waals surface area contributed by atoms with Crippen LogP contribution in [0.15, 0.2) is 59.1 Å². The predicted molar refractivity (Wildman–Crippen MR) is 76.8 cm³/mol. The number of rotatable bonds is 2. The molecule has 1 aromatic heterocycles. The number of hydrogen-bond donors (Lipinski definition) is 1. The van der Waals surface area contributed by atoms with Crippen LogP contribution in [0.25, 0.3) is 16.9 Å². The van der Waals surface area contributed by atoms with E-state index in [-0.39, 0.29) is 18.0 Å². The zero-order valence-electron chi connectivity index (χ0n) is 10.9. The third-order valence-corrected chi connectivity index (χ3v) is 2.97. The van der Waals surface area contributed by atoms with Gasteiger partial charge in [0.05, 0.1) is 5.56 Å². The Morgan fingerprint density at radius 2 is 1.65 bits per heavy atom. The summed E-state index contributed by atoms with van der Waals surface area (Å²) in [6.07, 6.45) is 0. The smallest absolute Gasteiger partial charge is 0.274 e. The average Bonchev–Trinajstić information content (AvgIpc) is 2.82. The van der Waals surface area contributed by atoms with Crippen molar-refractivity contribution in [3.05, 3.63) is 65.7 Å². The number of benzene rings is 2. The van der Waals surface area contributed by atoms with Crippen LogP contribution in [0, 0.1) is 12.3 Å². The topological polar surface area (TPSA) is 55.0 Å². The molecule has 20 heavy (non-hydrogen) atoms. The summed E-state index contributed by atoms with van der Waals surface area (Å²) in [5.41, 5.74) is 3.69. The lowest BCUT2D eigenvalue weighted by atomic mass is 10.1. The molecule has 0 saturated heterocycles. The van der Waals surface area contributed by atoms with Crippen molar-refractivity contribution in [3.8, 4) is 16.9 Å². The summed E-state index contributed by atoms with van der Waals surface area (Å²) in [7, 11) is 0. The van der Waals surface area contributed by atoms with Gasteiger partial charge in [-0.1, -0.05) is 35.9 Å². The van der Waals surface area contributed by atoms with Gasteiger partial charge in [-0.05, 0) is 19.1 Å². The molecular weight excluding hydrogens is 274 g/mol. The Balaban J connectivity index is 0.00000147. The second kappa shape index (κ2) is 5.75. The van der Waals surface area contributed by atoms with Crippen molar-refractivity contribution in [3.63, 3.8) is 0 Å². The molecule has 0 amide bonds. The van der Waals surface area contributed by atoms with Crippen molar-refractivity contribution in [2.24, 2.45) is 0 Å². The maximum absolute atomic E-state index is 7.87. The van der Waals surface area contributed by atoms with E-state index in [0.29, 0.717) is 5.69 Å². The number of nitrogens with one attached hydrogen (secondary N) is 1. The van der Waals surface area contributed by atoms with Crippen LogP contribution in [0.3, 0.4) is 0 Å². The third-order valence-electron chi connectivity index (χ3n) is 2.97. The predicted octanol–water partition coefficient (Wildman–Crippen LogP) is 2.39. The molecule has 0 saturated carbocycles. The van der Waals surface area contributed by atoms with Crippen molar-refractivity contribution in [2.45, 2.75) is 6.92 Å². The maximum atomic E-state index is 7.87. The van der Waals surface area contributed by atoms with Gasteiger partial charge in [0.15, 0.2) is 0 Å². The largest absolute Gasteiger partial charge is 0.486 e. The van der Waals surface area contributed by atoms with Gasteiger partial charge in [0.2, 0.25) is 5.69 Å². The minimum absolute atomic E-state index is 0. The summed E-state index contributed by atoms with van der Waals surface area (Å²) in [6, 6.07) is 17.6. The van der Waals surface area contributed by atoms with Crippen molar-refractivity contribution in [1.29, 1.82) is 5.41 Å². The Labute approximate surface area is 122 Å². The van der Waals surface area contributed by atoms with Gasteiger partial charge >= 0.3 is 0 Å². The highest BCUT2D eigenvalue weighted by molar-refractivity contribution is 5.85. The molecule has 0 fully saturated rings. The van der Waals surface area contributed by atoms with E-state index in [0.717, 1.165) is 11.3 Å². The van der Waals surface area contributed by atoms with Gasteiger partial charge in [0.25, 0.3) is 11.2 Å². The first kappa shape index (κ1) is 14.1. The minimum atomic E-state index is 0. The zero-order valence-corrected chi connectivity index (χ0v) is 11.7. The van der Waals surface area contributed by atoms with Crippen molar-refractivity contribution in [2.75, 3.05) is 0 Å². The van der Waals surface area contributed by atoms with Crippen molar-refractivity contribution < 1.29 is 9.20 Å². The standard InChI is InChI=1S/C15H13N3O.ClH/c1-11-7-9-13(10-8-11)18-14(15(16)19-17-18)12-5-3-2-4-6-12;/h2-10,16H,1H3;1H. The van der Waals surface area contributed by atoms with Crippen molar-refractivity contribution >= 4 is 12.4 Å². The van der Waals surface area contributed by atoms with Crippen LogP contribution in [0.4, 0.5) is 0 Å². The van der Waals surface area contributed by atoms with Crippen LogP contribution in [0.2, 0.25) is 0 Å². The molecule has 3 rings (SSSR count). The molecule has 4 nitrogen and oxygen atoms in total. The first-order chi connectivity index (χ1) is 9.25. The van der Waals surface area contributed by atoms with Crippen LogP contribution >= 0.6 is 12.4 Å². The summed E-state index contributed by atoms with van der Waals surface area (Å²) >= 11 is 0. The number of hydrogen-bond acceptors (Lipinski definition) is 2. The zero-order chi connectivity index (χ0) is 13.2. The average molecular weight is 288 g/mol. The molecule has 3 aromatic rings. The minimum Gasteiger partial charge on any atom is -0.486 e.